The molecule has 0 bridgehead atoms. The highest BCUT2D eigenvalue weighted by Gasteiger charge is 2.35. The first-order chi connectivity index (χ1) is 9.20. The summed E-state index contributed by atoms with van der Waals surface area (Å²) >= 11 is 0. The molecule has 4 nitrogen and oxygen atoms in total. The van der Waals surface area contributed by atoms with E-state index in [1.54, 1.807) is 0 Å². The van der Waals surface area contributed by atoms with Gasteiger partial charge >= 0.3 is 0 Å². The molecule has 0 aliphatic carbocycles. The first-order valence-electron chi connectivity index (χ1n) is 7.26. The topological polar surface area (TPSA) is 35.6 Å². The quantitative estimate of drug-likeness (QED) is 0.760. The highest BCUT2D eigenvalue weighted by molar-refractivity contribution is 6.76. The highest BCUT2D eigenvalue weighted by atomic mass is 28.3. The van der Waals surface area contributed by atoms with Gasteiger partial charge in [0.25, 0.3) is 8.40 Å². The average Bonchev–Trinajstić information content (AvgIpc) is 3.10. The summed E-state index contributed by atoms with van der Waals surface area (Å²) in [5.41, 5.74) is 2.35. The van der Waals surface area contributed by atoms with Gasteiger partial charge in [-0.2, -0.15) is 0 Å². The molecule has 0 unspecified atom stereocenters. The SMILES string of the molecule is CCc1cn([Si](CC)(CC)n2cnc(CC)c2)cn1. The minimum absolute atomic E-state index is 0.995. The molecule has 0 saturated carbocycles. The maximum atomic E-state index is 4.51. The van der Waals surface area contributed by atoms with E-state index >= 15 is 0 Å². The van der Waals surface area contributed by atoms with Crippen LogP contribution in [-0.2, 0) is 12.8 Å². The molecular weight excluding hydrogens is 252 g/mol. The van der Waals surface area contributed by atoms with Crippen molar-refractivity contribution in [2.75, 3.05) is 0 Å². The summed E-state index contributed by atoms with van der Waals surface area (Å²) in [5.74, 6) is 0. The van der Waals surface area contributed by atoms with Crippen molar-refractivity contribution in [1.29, 1.82) is 0 Å². The fourth-order valence-electron chi connectivity index (χ4n) is 2.66. The van der Waals surface area contributed by atoms with Gasteiger partial charge in [0.05, 0.1) is 24.0 Å². The number of hydrogen-bond donors (Lipinski definition) is 0. The molecule has 0 atom stereocenters. The van der Waals surface area contributed by atoms with Gasteiger partial charge in [0.1, 0.15) is 0 Å². The second kappa shape index (κ2) is 5.73. The van der Waals surface area contributed by atoms with Crippen LogP contribution >= 0.6 is 0 Å². The Balaban J connectivity index is 2.46. The van der Waals surface area contributed by atoms with E-state index in [0.29, 0.717) is 0 Å². The minimum Gasteiger partial charge on any atom is -0.345 e. The highest BCUT2D eigenvalue weighted by Crippen LogP contribution is 2.21. The largest absolute Gasteiger partial charge is 0.345 e. The third kappa shape index (κ3) is 2.39. The molecule has 0 N–H and O–H groups in total. The van der Waals surface area contributed by atoms with Gasteiger partial charge in [-0.25, -0.2) is 9.97 Å². The molecule has 0 aromatic carbocycles. The molecule has 0 aliphatic heterocycles. The van der Waals surface area contributed by atoms with Gasteiger partial charge < -0.3 is 8.47 Å². The Labute approximate surface area is 116 Å². The molecule has 19 heavy (non-hydrogen) atoms. The summed E-state index contributed by atoms with van der Waals surface area (Å²) in [6.07, 6.45) is 10.5. The van der Waals surface area contributed by atoms with Gasteiger partial charge in [-0.1, -0.05) is 27.7 Å². The maximum Gasteiger partial charge on any atom is 0.273 e. The van der Waals surface area contributed by atoms with E-state index in [-0.39, 0.29) is 0 Å². The fraction of sp³-hybridized carbons (Fsp3) is 0.571. The number of aryl methyl sites for hydroxylation is 2. The fourth-order valence-corrected chi connectivity index (χ4v) is 6.21. The standard InChI is InChI=1S/C14H24N4Si/c1-5-13-9-17(11-15-13)19(7-3,8-4)18-10-14(6-2)16-12-18/h9-12H,5-8H2,1-4H3. The zero-order valence-corrected chi connectivity index (χ0v) is 13.4. The van der Waals surface area contributed by atoms with Crippen molar-refractivity contribution < 1.29 is 0 Å². The van der Waals surface area contributed by atoms with Crippen molar-refractivity contribution in [3.05, 3.63) is 36.4 Å². The Hall–Kier alpha value is -1.36. The van der Waals surface area contributed by atoms with E-state index < -0.39 is 8.40 Å². The van der Waals surface area contributed by atoms with Crippen LogP contribution in [0.4, 0.5) is 0 Å². The summed E-state index contributed by atoms with van der Waals surface area (Å²) in [4.78, 5) is 9.03. The molecule has 2 rings (SSSR count). The molecule has 0 spiro atoms. The van der Waals surface area contributed by atoms with Gasteiger partial charge in [0.15, 0.2) is 0 Å². The van der Waals surface area contributed by atoms with Crippen LogP contribution in [0.1, 0.15) is 39.1 Å². The molecule has 2 aromatic heterocycles. The van der Waals surface area contributed by atoms with Crippen LogP contribution < -0.4 is 0 Å². The van der Waals surface area contributed by atoms with E-state index in [9.17, 15) is 0 Å². The summed E-state index contributed by atoms with van der Waals surface area (Å²) < 4.78 is 4.76. The monoisotopic (exact) mass is 276 g/mol. The Bertz CT molecular complexity index is 481. The molecular formula is C14H24N4Si. The molecule has 0 saturated heterocycles. The summed E-state index contributed by atoms with van der Waals surface area (Å²) in [7, 11) is -1.78. The third-order valence-corrected chi connectivity index (χ3v) is 8.77. The van der Waals surface area contributed by atoms with Crippen LogP contribution in [0.15, 0.2) is 25.0 Å². The average molecular weight is 276 g/mol. The van der Waals surface area contributed by atoms with Gasteiger partial charge in [-0.3, -0.25) is 0 Å². The van der Waals surface area contributed by atoms with E-state index in [0.717, 1.165) is 24.9 Å². The van der Waals surface area contributed by atoms with Crippen LogP contribution in [0, 0.1) is 0 Å². The number of nitrogens with zero attached hydrogens (tertiary/aromatic N) is 4. The predicted octanol–water partition coefficient (Wildman–Crippen LogP) is 3.08. The molecule has 0 aliphatic rings. The van der Waals surface area contributed by atoms with Crippen LogP contribution in [0.3, 0.4) is 0 Å². The lowest BCUT2D eigenvalue weighted by atomic mass is 10.4. The van der Waals surface area contributed by atoms with Crippen molar-refractivity contribution >= 4 is 8.40 Å². The Kier molecular flexibility index (Phi) is 4.24. The van der Waals surface area contributed by atoms with Crippen molar-refractivity contribution in [1.82, 2.24) is 18.4 Å². The summed E-state index contributed by atoms with van der Waals surface area (Å²) in [6.45, 7) is 8.88. The van der Waals surface area contributed by atoms with Crippen molar-refractivity contribution in [2.24, 2.45) is 0 Å². The molecule has 2 heterocycles. The number of aromatic nitrogens is 4. The summed E-state index contributed by atoms with van der Waals surface area (Å²) in [6, 6.07) is 2.31. The van der Waals surface area contributed by atoms with E-state index in [2.05, 4.69) is 58.5 Å². The maximum absolute atomic E-state index is 4.51. The minimum atomic E-state index is -1.78. The van der Waals surface area contributed by atoms with E-state index in [4.69, 9.17) is 0 Å². The lowest BCUT2D eigenvalue weighted by Crippen LogP contribution is -2.48. The first kappa shape index (κ1) is 14.1. The number of hydrogen-bond acceptors (Lipinski definition) is 2. The van der Waals surface area contributed by atoms with Gasteiger partial charge in [-0.15, -0.1) is 0 Å². The van der Waals surface area contributed by atoms with Gasteiger partial charge in [0, 0.05) is 12.4 Å². The lowest BCUT2D eigenvalue weighted by Gasteiger charge is -2.31. The lowest BCUT2D eigenvalue weighted by molar-refractivity contribution is 0.924. The van der Waals surface area contributed by atoms with Crippen LogP contribution in [-0.4, -0.2) is 26.8 Å². The van der Waals surface area contributed by atoms with E-state index in [1.807, 2.05) is 12.7 Å². The van der Waals surface area contributed by atoms with Crippen molar-refractivity contribution in [3.8, 4) is 0 Å². The number of rotatable bonds is 6. The number of imidazole rings is 2. The molecule has 104 valence electrons. The molecule has 5 heteroatoms. The summed E-state index contributed by atoms with van der Waals surface area (Å²) in [5, 5.41) is 0. The van der Waals surface area contributed by atoms with E-state index in [1.165, 1.54) is 11.4 Å². The third-order valence-electron chi connectivity index (χ3n) is 4.09. The molecule has 0 fully saturated rings. The van der Waals surface area contributed by atoms with Crippen molar-refractivity contribution in [2.45, 2.75) is 52.6 Å². The zero-order chi connectivity index (χ0) is 13.9. The smallest absolute Gasteiger partial charge is 0.273 e. The molecule has 0 amide bonds. The molecule has 2 aromatic rings. The normalized spacial score (nSPS) is 12.0. The zero-order valence-electron chi connectivity index (χ0n) is 12.4. The Morgan fingerprint density at radius 1 is 0.842 bits per heavy atom. The second-order valence-corrected chi connectivity index (χ2v) is 9.35. The second-order valence-electron chi connectivity index (χ2n) is 4.94. The van der Waals surface area contributed by atoms with Gasteiger partial charge in [0.2, 0.25) is 0 Å². The Morgan fingerprint density at radius 2 is 1.26 bits per heavy atom. The predicted molar refractivity (Wildman–Crippen MR) is 80.7 cm³/mol. The van der Waals surface area contributed by atoms with Crippen molar-refractivity contribution in [3.63, 3.8) is 0 Å². The van der Waals surface area contributed by atoms with Gasteiger partial charge in [-0.05, 0) is 24.9 Å². The van der Waals surface area contributed by atoms with Crippen LogP contribution in [0.25, 0.3) is 0 Å². The molecule has 0 radical (unpaired) electrons. The van der Waals surface area contributed by atoms with Crippen LogP contribution in [0.2, 0.25) is 12.1 Å². The Morgan fingerprint density at radius 3 is 1.53 bits per heavy atom. The van der Waals surface area contributed by atoms with Crippen LogP contribution in [0.5, 0.6) is 0 Å². The first-order valence-corrected chi connectivity index (χ1v) is 9.57.